The molecule has 0 saturated heterocycles. The Labute approximate surface area is 167 Å². The first-order chi connectivity index (χ1) is 13.2. The molecule has 2 aromatic rings. The van der Waals surface area contributed by atoms with Gasteiger partial charge in [-0.25, -0.2) is 0 Å². The highest BCUT2D eigenvalue weighted by Gasteiger charge is 2.29. The predicted molar refractivity (Wildman–Crippen MR) is 117 cm³/mol. The molecule has 4 unspecified atom stereocenters. The molecular formula is C26H38O. The Morgan fingerprint density at radius 3 is 1.26 bits per heavy atom. The Kier molecular flexibility index (Phi) is 9.62. The SMILES string of the molecule is CCCC(OC(CCC)C(CC)c1ccccc1)C(CC)c1ccccc1. The maximum absolute atomic E-state index is 6.95. The van der Waals surface area contributed by atoms with Crippen LogP contribution in [0.1, 0.15) is 89.2 Å². The van der Waals surface area contributed by atoms with Gasteiger partial charge in [0.15, 0.2) is 0 Å². The topological polar surface area (TPSA) is 9.23 Å². The van der Waals surface area contributed by atoms with Gasteiger partial charge < -0.3 is 4.74 Å². The highest BCUT2D eigenvalue weighted by atomic mass is 16.5. The first kappa shape index (κ1) is 21.7. The molecular weight excluding hydrogens is 328 g/mol. The van der Waals surface area contributed by atoms with Gasteiger partial charge in [0, 0.05) is 11.8 Å². The lowest BCUT2D eigenvalue weighted by atomic mass is 9.86. The Hall–Kier alpha value is -1.60. The summed E-state index contributed by atoms with van der Waals surface area (Å²) >= 11 is 0. The van der Waals surface area contributed by atoms with Gasteiger partial charge in [0.05, 0.1) is 12.2 Å². The van der Waals surface area contributed by atoms with Crippen LogP contribution in [0.15, 0.2) is 60.7 Å². The van der Waals surface area contributed by atoms with E-state index in [0.717, 1.165) is 38.5 Å². The number of hydrogen-bond acceptors (Lipinski definition) is 1. The molecule has 27 heavy (non-hydrogen) atoms. The Morgan fingerprint density at radius 1 is 0.593 bits per heavy atom. The fourth-order valence-corrected chi connectivity index (χ4v) is 4.35. The molecule has 0 saturated carbocycles. The van der Waals surface area contributed by atoms with E-state index in [9.17, 15) is 0 Å². The summed E-state index contributed by atoms with van der Waals surface area (Å²) < 4.78 is 6.95. The molecule has 1 heteroatoms. The summed E-state index contributed by atoms with van der Waals surface area (Å²) in [6, 6.07) is 21.9. The van der Waals surface area contributed by atoms with E-state index >= 15 is 0 Å². The van der Waals surface area contributed by atoms with Gasteiger partial charge in [-0.15, -0.1) is 0 Å². The van der Waals surface area contributed by atoms with Gasteiger partial charge in [-0.05, 0) is 36.8 Å². The predicted octanol–water partition coefficient (Wildman–Crippen LogP) is 7.73. The zero-order chi connectivity index (χ0) is 19.5. The molecule has 0 bridgehead atoms. The van der Waals surface area contributed by atoms with Gasteiger partial charge in [-0.1, -0.05) is 101 Å². The molecule has 2 aromatic carbocycles. The Bertz CT molecular complexity index is 551. The van der Waals surface area contributed by atoms with Crippen molar-refractivity contribution >= 4 is 0 Å². The molecule has 0 aromatic heterocycles. The van der Waals surface area contributed by atoms with E-state index in [4.69, 9.17) is 4.74 Å². The standard InChI is InChI=1S/C26H38O/c1-5-15-25(23(7-3)21-17-11-9-12-18-21)27-26(16-6-2)24(8-4)22-19-13-10-14-20-22/h9-14,17-20,23-26H,5-8,15-16H2,1-4H3. The van der Waals surface area contributed by atoms with Crippen LogP contribution in [0, 0.1) is 0 Å². The van der Waals surface area contributed by atoms with Gasteiger partial charge in [0.1, 0.15) is 0 Å². The number of hydrogen-bond donors (Lipinski definition) is 0. The van der Waals surface area contributed by atoms with E-state index in [1.54, 1.807) is 0 Å². The Morgan fingerprint density at radius 2 is 0.963 bits per heavy atom. The quantitative estimate of drug-likeness (QED) is 0.373. The van der Waals surface area contributed by atoms with E-state index in [1.165, 1.54) is 11.1 Å². The maximum Gasteiger partial charge on any atom is 0.0647 e. The maximum atomic E-state index is 6.95. The molecule has 1 nitrogen and oxygen atoms in total. The zero-order valence-corrected chi connectivity index (χ0v) is 17.7. The summed E-state index contributed by atoms with van der Waals surface area (Å²) in [6.07, 6.45) is 7.39. The largest absolute Gasteiger partial charge is 0.374 e. The van der Waals surface area contributed by atoms with Crippen LogP contribution >= 0.6 is 0 Å². The number of benzene rings is 2. The van der Waals surface area contributed by atoms with E-state index in [0.29, 0.717) is 11.8 Å². The van der Waals surface area contributed by atoms with Crippen LogP contribution in [0.4, 0.5) is 0 Å². The van der Waals surface area contributed by atoms with Crippen LogP contribution < -0.4 is 0 Å². The number of ether oxygens (including phenoxy) is 1. The van der Waals surface area contributed by atoms with Crippen molar-refractivity contribution in [2.45, 2.75) is 90.3 Å². The second-order valence-corrected chi connectivity index (χ2v) is 7.64. The second kappa shape index (κ2) is 12.0. The third-order valence-electron chi connectivity index (χ3n) is 5.73. The first-order valence-electron chi connectivity index (χ1n) is 11.0. The zero-order valence-electron chi connectivity index (χ0n) is 17.7. The van der Waals surface area contributed by atoms with Gasteiger partial charge in [-0.3, -0.25) is 0 Å². The minimum atomic E-state index is 0.289. The van der Waals surface area contributed by atoms with Crippen molar-refractivity contribution in [1.29, 1.82) is 0 Å². The van der Waals surface area contributed by atoms with Gasteiger partial charge in [0.25, 0.3) is 0 Å². The molecule has 0 aliphatic heterocycles. The molecule has 2 rings (SSSR count). The van der Waals surface area contributed by atoms with Gasteiger partial charge in [0.2, 0.25) is 0 Å². The van der Waals surface area contributed by atoms with Gasteiger partial charge >= 0.3 is 0 Å². The van der Waals surface area contributed by atoms with Crippen molar-refractivity contribution < 1.29 is 4.74 Å². The minimum absolute atomic E-state index is 0.289. The smallest absolute Gasteiger partial charge is 0.0647 e. The van der Waals surface area contributed by atoms with Gasteiger partial charge in [-0.2, -0.15) is 0 Å². The molecule has 0 N–H and O–H groups in total. The van der Waals surface area contributed by atoms with Crippen LogP contribution in [-0.4, -0.2) is 12.2 Å². The summed E-state index contributed by atoms with van der Waals surface area (Å²) in [6.45, 7) is 9.15. The normalized spacial score (nSPS) is 15.9. The van der Waals surface area contributed by atoms with Crippen molar-refractivity contribution in [3.63, 3.8) is 0 Å². The summed E-state index contributed by atoms with van der Waals surface area (Å²) in [4.78, 5) is 0. The van der Waals surface area contributed by atoms with Crippen LogP contribution in [0.25, 0.3) is 0 Å². The lowest BCUT2D eigenvalue weighted by molar-refractivity contribution is -0.0488. The van der Waals surface area contributed by atoms with Crippen LogP contribution in [0.5, 0.6) is 0 Å². The average molecular weight is 367 g/mol. The van der Waals surface area contributed by atoms with E-state index in [2.05, 4.69) is 88.4 Å². The van der Waals surface area contributed by atoms with Crippen molar-refractivity contribution in [3.05, 3.63) is 71.8 Å². The monoisotopic (exact) mass is 366 g/mol. The fraction of sp³-hybridized carbons (Fsp3) is 0.538. The molecule has 148 valence electrons. The highest BCUT2D eigenvalue weighted by Crippen LogP contribution is 2.34. The van der Waals surface area contributed by atoms with E-state index in [-0.39, 0.29) is 12.2 Å². The summed E-state index contributed by atoms with van der Waals surface area (Å²) in [5.41, 5.74) is 2.84. The summed E-state index contributed by atoms with van der Waals surface area (Å²) in [5.74, 6) is 0.942. The highest BCUT2D eigenvalue weighted by molar-refractivity contribution is 5.22. The summed E-state index contributed by atoms with van der Waals surface area (Å²) in [7, 11) is 0. The molecule has 0 aliphatic rings. The molecule has 4 atom stereocenters. The lowest BCUT2D eigenvalue weighted by Crippen LogP contribution is -2.31. The van der Waals surface area contributed by atoms with Crippen molar-refractivity contribution in [2.24, 2.45) is 0 Å². The number of rotatable bonds is 12. The molecule has 0 radical (unpaired) electrons. The fourth-order valence-electron chi connectivity index (χ4n) is 4.35. The third kappa shape index (κ3) is 6.21. The minimum Gasteiger partial charge on any atom is -0.374 e. The Balaban J connectivity index is 2.25. The summed E-state index contributed by atoms with van der Waals surface area (Å²) in [5, 5.41) is 0. The van der Waals surface area contributed by atoms with Crippen LogP contribution in [0.2, 0.25) is 0 Å². The molecule has 0 heterocycles. The average Bonchev–Trinajstić information content (AvgIpc) is 2.71. The molecule has 0 fully saturated rings. The van der Waals surface area contributed by atoms with E-state index in [1.807, 2.05) is 0 Å². The van der Waals surface area contributed by atoms with Crippen molar-refractivity contribution in [1.82, 2.24) is 0 Å². The third-order valence-corrected chi connectivity index (χ3v) is 5.73. The molecule has 0 aliphatic carbocycles. The molecule has 0 spiro atoms. The second-order valence-electron chi connectivity index (χ2n) is 7.64. The lowest BCUT2D eigenvalue weighted by Gasteiger charge is -2.35. The van der Waals surface area contributed by atoms with Crippen LogP contribution in [-0.2, 0) is 4.74 Å². The van der Waals surface area contributed by atoms with Crippen molar-refractivity contribution in [2.75, 3.05) is 0 Å². The first-order valence-corrected chi connectivity index (χ1v) is 11.0. The molecule has 0 amide bonds. The van der Waals surface area contributed by atoms with Crippen LogP contribution in [0.3, 0.4) is 0 Å². The van der Waals surface area contributed by atoms with E-state index < -0.39 is 0 Å². The van der Waals surface area contributed by atoms with Crippen molar-refractivity contribution in [3.8, 4) is 0 Å².